The zero-order chi connectivity index (χ0) is 15.6. The molecule has 0 aliphatic rings. The van der Waals surface area contributed by atoms with E-state index < -0.39 is 0 Å². The molecule has 0 aliphatic carbocycles. The van der Waals surface area contributed by atoms with Crippen LogP contribution in [0.15, 0.2) is 18.2 Å². The summed E-state index contributed by atoms with van der Waals surface area (Å²) in [6, 6.07) is 6.93. The van der Waals surface area contributed by atoms with Gasteiger partial charge in [-0.1, -0.05) is 50.1 Å². The van der Waals surface area contributed by atoms with Crippen LogP contribution in [0.5, 0.6) is 0 Å². The summed E-state index contributed by atoms with van der Waals surface area (Å²) in [5.41, 5.74) is 4.72. The molecule has 0 bridgehead atoms. The standard InChI is InChI=1S/C19H33N/c1-14-9-15(2)11-16(10-14)12-17(18(3,4)5)13-20-19(6,7)8/h9-11,17,20H,12-13H2,1-8H3. The van der Waals surface area contributed by atoms with Gasteiger partial charge in [-0.2, -0.15) is 0 Å². The quantitative estimate of drug-likeness (QED) is 0.824. The number of hydrogen-bond donors (Lipinski definition) is 1. The normalized spacial score (nSPS) is 14.4. The second-order valence-corrected chi connectivity index (χ2v) is 8.39. The van der Waals surface area contributed by atoms with Gasteiger partial charge in [-0.05, 0) is 64.5 Å². The van der Waals surface area contributed by atoms with Crippen LogP contribution in [0, 0.1) is 25.2 Å². The van der Waals surface area contributed by atoms with Crippen LogP contribution in [-0.4, -0.2) is 12.1 Å². The molecule has 1 unspecified atom stereocenters. The summed E-state index contributed by atoms with van der Waals surface area (Å²) in [6.45, 7) is 19.2. The maximum Gasteiger partial charge on any atom is 0.00966 e. The lowest BCUT2D eigenvalue weighted by Gasteiger charge is -2.34. The number of benzene rings is 1. The second kappa shape index (κ2) is 6.30. The van der Waals surface area contributed by atoms with Crippen LogP contribution in [0.4, 0.5) is 0 Å². The molecule has 114 valence electrons. The van der Waals surface area contributed by atoms with Crippen LogP contribution in [0.2, 0.25) is 0 Å². The van der Waals surface area contributed by atoms with E-state index in [1.54, 1.807) is 0 Å². The molecule has 1 aromatic rings. The topological polar surface area (TPSA) is 12.0 Å². The lowest BCUT2D eigenvalue weighted by Crippen LogP contribution is -2.42. The van der Waals surface area contributed by atoms with Gasteiger partial charge in [0.2, 0.25) is 0 Å². The van der Waals surface area contributed by atoms with Gasteiger partial charge in [0.05, 0.1) is 0 Å². The van der Waals surface area contributed by atoms with Gasteiger partial charge in [-0.3, -0.25) is 0 Å². The Hall–Kier alpha value is -0.820. The van der Waals surface area contributed by atoms with E-state index in [2.05, 4.69) is 78.9 Å². The monoisotopic (exact) mass is 275 g/mol. The molecule has 0 amide bonds. The molecule has 1 aromatic carbocycles. The number of rotatable bonds is 4. The van der Waals surface area contributed by atoms with Gasteiger partial charge in [-0.15, -0.1) is 0 Å². The van der Waals surface area contributed by atoms with E-state index in [1.807, 2.05) is 0 Å². The van der Waals surface area contributed by atoms with Crippen molar-refractivity contribution in [2.45, 2.75) is 67.3 Å². The molecule has 0 saturated carbocycles. The second-order valence-electron chi connectivity index (χ2n) is 8.39. The minimum atomic E-state index is 0.187. The van der Waals surface area contributed by atoms with Crippen molar-refractivity contribution in [1.29, 1.82) is 0 Å². The zero-order valence-electron chi connectivity index (χ0n) is 14.7. The van der Waals surface area contributed by atoms with Gasteiger partial charge in [0.15, 0.2) is 0 Å². The minimum Gasteiger partial charge on any atom is -0.312 e. The van der Waals surface area contributed by atoms with E-state index >= 15 is 0 Å². The number of hydrogen-bond acceptors (Lipinski definition) is 1. The van der Waals surface area contributed by atoms with Crippen LogP contribution in [-0.2, 0) is 6.42 Å². The van der Waals surface area contributed by atoms with Gasteiger partial charge in [0.25, 0.3) is 0 Å². The Kier molecular flexibility index (Phi) is 5.43. The highest BCUT2D eigenvalue weighted by Gasteiger charge is 2.26. The van der Waals surface area contributed by atoms with Crippen molar-refractivity contribution in [3.05, 3.63) is 34.9 Å². The Morgan fingerprint density at radius 3 is 1.80 bits per heavy atom. The fraction of sp³-hybridized carbons (Fsp3) is 0.684. The molecule has 1 rings (SSSR count). The first kappa shape index (κ1) is 17.2. The van der Waals surface area contributed by atoms with Crippen LogP contribution >= 0.6 is 0 Å². The largest absolute Gasteiger partial charge is 0.312 e. The minimum absolute atomic E-state index is 0.187. The maximum absolute atomic E-state index is 3.68. The van der Waals surface area contributed by atoms with E-state index in [0.717, 1.165) is 13.0 Å². The molecule has 0 spiro atoms. The molecule has 0 aromatic heterocycles. The molecule has 1 N–H and O–H groups in total. The summed E-state index contributed by atoms with van der Waals surface area (Å²) >= 11 is 0. The summed E-state index contributed by atoms with van der Waals surface area (Å²) in [6.07, 6.45) is 1.15. The van der Waals surface area contributed by atoms with E-state index in [9.17, 15) is 0 Å². The summed E-state index contributed by atoms with van der Waals surface area (Å²) in [4.78, 5) is 0. The summed E-state index contributed by atoms with van der Waals surface area (Å²) in [5.74, 6) is 0.642. The van der Waals surface area contributed by atoms with Gasteiger partial charge < -0.3 is 5.32 Å². The van der Waals surface area contributed by atoms with Crippen LogP contribution in [0.1, 0.15) is 58.2 Å². The fourth-order valence-corrected chi connectivity index (χ4v) is 2.59. The lowest BCUT2D eigenvalue weighted by molar-refractivity contribution is 0.214. The molecule has 0 heterocycles. The zero-order valence-corrected chi connectivity index (χ0v) is 14.7. The fourth-order valence-electron chi connectivity index (χ4n) is 2.59. The molecule has 0 fully saturated rings. The Morgan fingerprint density at radius 1 is 0.900 bits per heavy atom. The van der Waals surface area contributed by atoms with Gasteiger partial charge in [-0.25, -0.2) is 0 Å². The van der Waals surface area contributed by atoms with Crippen molar-refractivity contribution < 1.29 is 0 Å². The lowest BCUT2D eigenvalue weighted by atomic mass is 9.76. The third-order valence-corrected chi connectivity index (χ3v) is 3.87. The van der Waals surface area contributed by atoms with Gasteiger partial charge in [0.1, 0.15) is 0 Å². The van der Waals surface area contributed by atoms with E-state index in [4.69, 9.17) is 0 Å². The predicted molar refractivity (Wildman–Crippen MR) is 90.3 cm³/mol. The van der Waals surface area contributed by atoms with Crippen molar-refractivity contribution in [2.24, 2.45) is 11.3 Å². The van der Waals surface area contributed by atoms with E-state index in [0.29, 0.717) is 11.3 Å². The maximum atomic E-state index is 3.68. The van der Waals surface area contributed by atoms with E-state index in [1.165, 1.54) is 16.7 Å². The van der Waals surface area contributed by atoms with Crippen molar-refractivity contribution in [2.75, 3.05) is 6.54 Å². The summed E-state index contributed by atoms with van der Waals surface area (Å²) < 4.78 is 0. The third kappa shape index (κ3) is 6.09. The highest BCUT2D eigenvalue weighted by molar-refractivity contribution is 5.29. The first-order chi connectivity index (χ1) is 8.97. The average molecular weight is 275 g/mol. The average Bonchev–Trinajstić information content (AvgIpc) is 2.19. The van der Waals surface area contributed by atoms with Crippen molar-refractivity contribution in [3.8, 4) is 0 Å². The predicted octanol–water partition coefficient (Wildman–Crippen LogP) is 4.90. The van der Waals surface area contributed by atoms with E-state index in [-0.39, 0.29) is 5.54 Å². The first-order valence-electron chi connectivity index (χ1n) is 7.79. The molecular formula is C19H33N. The smallest absolute Gasteiger partial charge is 0.00966 e. The SMILES string of the molecule is Cc1cc(C)cc(CC(CNC(C)(C)C)C(C)(C)C)c1. The molecular weight excluding hydrogens is 242 g/mol. The summed E-state index contributed by atoms with van der Waals surface area (Å²) in [7, 11) is 0. The molecule has 20 heavy (non-hydrogen) atoms. The van der Waals surface area contributed by atoms with Crippen LogP contribution in [0.3, 0.4) is 0 Å². The van der Waals surface area contributed by atoms with Gasteiger partial charge >= 0.3 is 0 Å². The Labute approximate surface area is 126 Å². The van der Waals surface area contributed by atoms with Crippen molar-refractivity contribution in [3.63, 3.8) is 0 Å². The first-order valence-corrected chi connectivity index (χ1v) is 7.79. The van der Waals surface area contributed by atoms with Crippen LogP contribution in [0.25, 0.3) is 0 Å². The van der Waals surface area contributed by atoms with Crippen molar-refractivity contribution in [1.82, 2.24) is 5.32 Å². The molecule has 0 saturated heterocycles. The molecule has 1 heteroatoms. The highest BCUT2D eigenvalue weighted by Crippen LogP contribution is 2.29. The Morgan fingerprint density at radius 2 is 1.40 bits per heavy atom. The Bertz CT molecular complexity index is 412. The molecule has 1 atom stereocenters. The highest BCUT2D eigenvalue weighted by atomic mass is 14.9. The molecule has 0 aliphatic heterocycles. The van der Waals surface area contributed by atoms with Gasteiger partial charge in [0, 0.05) is 5.54 Å². The van der Waals surface area contributed by atoms with Crippen molar-refractivity contribution >= 4 is 0 Å². The number of aryl methyl sites for hydroxylation is 2. The Balaban J connectivity index is 2.84. The summed E-state index contributed by atoms with van der Waals surface area (Å²) in [5, 5.41) is 3.68. The third-order valence-electron chi connectivity index (χ3n) is 3.87. The van der Waals surface area contributed by atoms with Crippen LogP contribution < -0.4 is 5.32 Å². The number of nitrogens with one attached hydrogen (secondary N) is 1. The molecule has 0 radical (unpaired) electrons. The molecule has 1 nitrogen and oxygen atoms in total.